The number of thiol groups is 1. The van der Waals surface area contributed by atoms with Gasteiger partial charge in [-0.1, -0.05) is 58.0 Å². The van der Waals surface area contributed by atoms with E-state index in [1.165, 1.54) is 11.3 Å². The summed E-state index contributed by atoms with van der Waals surface area (Å²) in [6.45, 7) is 12.4. The molecule has 0 saturated carbocycles. The van der Waals surface area contributed by atoms with Crippen molar-refractivity contribution < 1.29 is 4.74 Å². The molecular formula is C19H27NOS. The van der Waals surface area contributed by atoms with Crippen molar-refractivity contribution in [2.75, 3.05) is 6.61 Å². The van der Waals surface area contributed by atoms with Crippen LogP contribution in [0.5, 0.6) is 5.75 Å². The number of aromatic nitrogens is 1. The Hall–Kier alpha value is -1.35. The van der Waals surface area contributed by atoms with E-state index in [9.17, 15) is 0 Å². The summed E-state index contributed by atoms with van der Waals surface area (Å²) in [7, 11) is 0. The summed E-state index contributed by atoms with van der Waals surface area (Å²) in [6, 6.07) is 12.7. The van der Waals surface area contributed by atoms with Gasteiger partial charge in [0.25, 0.3) is 0 Å². The van der Waals surface area contributed by atoms with Crippen LogP contribution in [-0.2, 0) is 12.0 Å². The van der Waals surface area contributed by atoms with E-state index in [4.69, 9.17) is 17.4 Å². The van der Waals surface area contributed by atoms with Gasteiger partial charge in [0.15, 0.2) is 0 Å². The maximum atomic E-state index is 5.73. The topological polar surface area (TPSA) is 14.2 Å². The van der Waals surface area contributed by atoms with Crippen molar-refractivity contribution in [1.82, 2.24) is 4.57 Å². The van der Waals surface area contributed by atoms with Crippen LogP contribution in [0.3, 0.4) is 0 Å². The molecule has 0 radical (unpaired) electrons. The summed E-state index contributed by atoms with van der Waals surface area (Å²) in [6.07, 6.45) is 2.10. The molecule has 0 N–H and O–H groups in total. The smallest absolute Gasteiger partial charge is 0.137 e. The molecule has 0 saturated heterocycles. The maximum Gasteiger partial charge on any atom is 0.137 e. The molecule has 2 nitrogen and oxygen atoms in total. The van der Waals surface area contributed by atoms with Crippen molar-refractivity contribution in [3.8, 4) is 5.75 Å². The van der Waals surface area contributed by atoms with E-state index in [-0.39, 0.29) is 10.2 Å². The fourth-order valence-corrected chi connectivity index (χ4v) is 2.60. The zero-order chi connectivity index (χ0) is 16.4. The summed E-state index contributed by atoms with van der Waals surface area (Å²) in [5.41, 5.74) is 2.45. The van der Waals surface area contributed by atoms with Gasteiger partial charge in [-0.3, -0.25) is 0 Å². The molecule has 0 aliphatic rings. The molecule has 3 heteroatoms. The van der Waals surface area contributed by atoms with Gasteiger partial charge < -0.3 is 9.30 Å². The summed E-state index contributed by atoms with van der Waals surface area (Å²) >= 11 is 4.83. The van der Waals surface area contributed by atoms with Crippen LogP contribution in [0.25, 0.3) is 0 Å². The first-order valence-corrected chi connectivity index (χ1v) is 8.30. The van der Waals surface area contributed by atoms with Gasteiger partial charge in [-0.25, -0.2) is 0 Å². The molecule has 1 aromatic carbocycles. The van der Waals surface area contributed by atoms with Gasteiger partial charge >= 0.3 is 0 Å². The Labute approximate surface area is 139 Å². The molecule has 1 aromatic heterocycles. The Kier molecular flexibility index (Phi) is 4.96. The standard InChI is InChI=1S/C19H27NOS/c1-6-21-16-12-17(18(2,3)19(4,5)22)20(14-16)13-15-10-8-7-9-11-15/h7-12,14,22H,6,13H2,1-5H3. The maximum absolute atomic E-state index is 5.73. The van der Waals surface area contributed by atoms with Crippen LogP contribution in [0.15, 0.2) is 42.6 Å². The number of hydrogen-bond donors (Lipinski definition) is 1. The lowest BCUT2D eigenvalue weighted by atomic mass is 9.77. The molecule has 0 atom stereocenters. The Morgan fingerprint density at radius 3 is 2.27 bits per heavy atom. The number of rotatable bonds is 6. The van der Waals surface area contributed by atoms with Crippen LogP contribution < -0.4 is 4.74 Å². The van der Waals surface area contributed by atoms with E-state index in [1.807, 2.05) is 13.0 Å². The lowest BCUT2D eigenvalue weighted by molar-refractivity contribution is 0.339. The predicted molar refractivity (Wildman–Crippen MR) is 97.2 cm³/mol. The highest BCUT2D eigenvalue weighted by Crippen LogP contribution is 2.41. The zero-order valence-electron chi connectivity index (χ0n) is 14.3. The van der Waals surface area contributed by atoms with E-state index in [0.717, 1.165) is 12.3 Å². The Morgan fingerprint density at radius 2 is 1.73 bits per heavy atom. The highest BCUT2D eigenvalue weighted by molar-refractivity contribution is 7.81. The molecule has 0 spiro atoms. The van der Waals surface area contributed by atoms with Crippen molar-refractivity contribution in [3.63, 3.8) is 0 Å². The van der Waals surface area contributed by atoms with Crippen LogP contribution >= 0.6 is 12.6 Å². The molecular weight excluding hydrogens is 290 g/mol. The van der Waals surface area contributed by atoms with Gasteiger partial charge in [-0.2, -0.15) is 12.6 Å². The normalized spacial score (nSPS) is 12.5. The van der Waals surface area contributed by atoms with Gasteiger partial charge in [0.05, 0.1) is 6.61 Å². The monoisotopic (exact) mass is 317 g/mol. The first-order valence-electron chi connectivity index (χ1n) is 7.85. The minimum Gasteiger partial charge on any atom is -0.492 e. The first-order chi connectivity index (χ1) is 10.3. The van der Waals surface area contributed by atoms with Crippen LogP contribution in [0.1, 0.15) is 45.9 Å². The largest absolute Gasteiger partial charge is 0.492 e. The van der Waals surface area contributed by atoms with Crippen molar-refractivity contribution in [1.29, 1.82) is 0 Å². The van der Waals surface area contributed by atoms with E-state index in [1.54, 1.807) is 0 Å². The predicted octanol–water partition coefficient (Wildman–Crippen LogP) is 4.92. The van der Waals surface area contributed by atoms with E-state index >= 15 is 0 Å². The highest BCUT2D eigenvalue weighted by Gasteiger charge is 2.38. The number of hydrogen-bond acceptors (Lipinski definition) is 2. The molecule has 2 rings (SSSR count). The molecule has 2 aromatic rings. The molecule has 0 bridgehead atoms. The third kappa shape index (κ3) is 3.52. The SMILES string of the molecule is CCOc1cc(C(C)(C)C(C)(C)S)n(Cc2ccccc2)c1. The summed E-state index contributed by atoms with van der Waals surface area (Å²) < 4.78 is 7.88. The van der Waals surface area contributed by atoms with Crippen LogP contribution in [0.4, 0.5) is 0 Å². The molecule has 0 fully saturated rings. The first kappa shape index (κ1) is 17.0. The number of ether oxygens (including phenoxy) is 1. The minimum absolute atomic E-state index is 0.0831. The second kappa shape index (κ2) is 6.41. The van der Waals surface area contributed by atoms with Crippen molar-refractivity contribution in [2.24, 2.45) is 0 Å². The van der Waals surface area contributed by atoms with Crippen LogP contribution in [0, 0.1) is 0 Å². The van der Waals surface area contributed by atoms with Gasteiger partial charge in [0.1, 0.15) is 5.75 Å². The van der Waals surface area contributed by atoms with E-state index in [2.05, 4.69) is 68.8 Å². The van der Waals surface area contributed by atoms with Crippen LogP contribution in [-0.4, -0.2) is 15.9 Å². The summed E-state index contributed by atoms with van der Waals surface area (Å²) in [5, 5.41) is 0. The lowest BCUT2D eigenvalue weighted by Crippen LogP contribution is -2.39. The minimum atomic E-state index is -0.136. The number of nitrogens with zero attached hydrogens (tertiary/aromatic N) is 1. The molecule has 0 aliphatic carbocycles. The summed E-state index contributed by atoms with van der Waals surface area (Å²) in [5.74, 6) is 0.930. The molecule has 1 heterocycles. The third-order valence-corrected chi connectivity index (χ3v) is 5.11. The zero-order valence-corrected chi connectivity index (χ0v) is 15.2. The Bertz CT molecular complexity index is 608. The average Bonchev–Trinajstić information content (AvgIpc) is 2.82. The fraction of sp³-hybridized carbons (Fsp3) is 0.474. The molecule has 0 amide bonds. The average molecular weight is 317 g/mol. The van der Waals surface area contributed by atoms with E-state index in [0.29, 0.717) is 6.61 Å². The Balaban J connectivity index is 2.43. The highest BCUT2D eigenvalue weighted by atomic mass is 32.1. The molecule has 0 unspecified atom stereocenters. The Morgan fingerprint density at radius 1 is 1.09 bits per heavy atom. The third-order valence-electron chi connectivity index (χ3n) is 4.55. The quantitative estimate of drug-likeness (QED) is 0.747. The second-order valence-corrected chi connectivity index (χ2v) is 7.91. The number of benzene rings is 1. The molecule has 22 heavy (non-hydrogen) atoms. The van der Waals surface area contributed by atoms with Gasteiger partial charge in [-0.15, -0.1) is 0 Å². The van der Waals surface area contributed by atoms with Crippen molar-refractivity contribution in [2.45, 2.75) is 51.3 Å². The van der Waals surface area contributed by atoms with Gasteiger partial charge in [-0.05, 0) is 12.5 Å². The van der Waals surface area contributed by atoms with Crippen molar-refractivity contribution >= 4 is 12.6 Å². The summed E-state index contributed by atoms with van der Waals surface area (Å²) in [4.78, 5) is 0. The van der Waals surface area contributed by atoms with Gasteiger partial charge in [0, 0.05) is 34.7 Å². The van der Waals surface area contributed by atoms with E-state index < -0.39 is 0 Å². The molecule has 0 aliphatic heterocycles. The molecule has 120 valence electrons. The fourth-order valence-electron chi connectivity index (χ4n) is 2.49. The van der Waals surface area contributed by atoms with Crippen molar-refractivity contribution in [3.05, 3.63) is 53.9 Å². The van der Waals surface area contributed by atoms with Gasteiger partial charge in [0.2, 0.25) is 0 Å². The second-order valence-electron chi connectivity index (χ2n) is 6.79. The lowest BCUT2D eigenvalue weighted by Gasteiger charge is -2.38. The van der Waals surface area contributed by atoms with Crippen LogP contribution in [0.2, 0.25) is 0 Å².